The van der Waals surface area contributed by atoms with Gasteiger partial charge in [-0.2, -0.15) is 0 Å². The van der Waals surface area contributed by atoms with Crippen molar-refractivity contribution in [2.75, 3.05) is 19.6 Å². The Morgan fingerprint density at radius 2 is 1.80 bits per heavy atom. The van der Waals surface area contributed by atoms with Crippen LogP contribution in [-0.2, 0) is 14.8 Å². The average molecular weight is 581 g/mol. The zero-order valence-electron chi connectivity index (χ0n) is 22.8. The first kappa shape index (κ1) is 29.8. The van der Waals surface area contributed by atoms with E-state index < -0.39 is 28.0 Å². The van der Waals surface area contributed by atoms with Crippen molar-refractivity contribution in [2.24, 2.45) is 11.7 Å². The molecule has 4 rings (SSSR count). The molecule has 0 bridgehead atoms. The number of nitrogens with zero attached hydrogens (tertiary/aromatic N) is 1. The second-order valence-electron chi connectivity index (χ2n) is 10.4. The molecule has 218 valence electrons. The Morgan fingerprint density at radius 3 is 2.54 bits per heavy atom. The van der Waals surface area contributed by atoms with E-state index in [0.29, 0.717) is 13.1 Å². The van der Waals surface area contributed by atoms with Crippen molar-refractivity contribution in [1.82, 2.24) is 20.3 Å². The minimum atomic E-state index is -3.98. The fourth-order valence-electron chi connectivity index (χ4n) is 5.00. The van der Waals surface area contributed by atoms with Crippen molar-refractivity contribution in [3.05, 3.63) is 72.3 Å². The number of piperidine rings is 1. The number of amides is 2. The van der Waals surface area contributed by atoms with E-state index in [1.807, 2.05) is 24.3 Å². The number of phenols is 1. The Hall–Kier alpha value is -4.16. The van der Waals surface area contributed by atoms with Gasteiger partial charge in [0.25, 0.3) is 5.91 Å². The van der Waals surface area contributed by atoms with Gasteiger partial charge in [0.1, 0.15) is 5.75 Å². The molecule has 1 fully saturated rings. The van der Waals surface area contributed by atoms with Crippen LogP contribution in [-0.4, -0.2) is 67.9 Å². The lowest BCUT2D eigenvalue weighted by Crippen LogP contribution is -2.55. The summed E-state index contributed by atoms with van der Waals surface area (Å²) in [5.41, 5.74) is 5.64. The van der Waals surface area contributed by atoms with Gasteiger partial charge in [0.15, 0.2) is 5.96 Å². The van der Waals surface area contributed by atoms with Crippen molar-refractivity contribution >= 4 is 38.6 Å². The van der Waals surface area contributed by atoms with E-state index in [4.69, 9.17) is 11.1 Å². The summed E-state index contributed by atoms with van der Waals surface area (Å²) in [5, 5.41) is 25.1. The summed E-state index contributed by atoms with van der Waals surface area (Å²) in [6.45, 7) is 2.75. The van der Waals surface area contributed by atoms with Crippen LogP contribution in [0.1, 0.15) is 36.5 Å². The van der Waals surface area contributed by atoms with Gasteiger partial charge in [0.2, 0.25) is 15.9 Å². The van der Waals surface area contributed by atoms with Crippen molar-refractivity contribution in [3.63, 3.8) is 0 Å². The summed E-state index contributed by atoms with van der Waals surface area (Å²) in [6, 6.07) is 16.6. The number of benzene rings is 3. The fraction of sp³-hybridized carbons (Fsp3) is 0.345. The molecule has 12 heteroatoms. The number of nitrogens with two attached hydrogens (primary N) is 1. The normalized spacial score (nSPS) is 17.0. The van der Waals surface area contributed by atoms with E-state index >= 15 is 0 Å². The van der Waals surface area contributed by atoms with Gasteiger partial charge in [0, 0.05) is 32.1 Å². The molecule has 0 radical (unpaired) electrons. The van der Waals surface area contributed by atoms with E-state index in [9.17, 15) is 23.1 Å². The lowest BCUT2D eigenvalue weighted by Gasteiger charge is -2.33. The summed E-state index contributed by atoms with van der Waals surface area (Å²) in [5.74, 6) is -1.08. The Morgan fingerprint density at radius 1 is 1.10 bits per heavy atom. The Bertz CT molecular complexity index is 1530. The number of para-hydroxylation sites is 1. The maximum absolute atomic E-state index is 13.3. The van der Waals surface area contributed by atoms with Crippen LogP contribution in [0.5, 0.6) is 5.75 Å². The standard InChI is InChI=1S/C29H36N6O5S/c1-19(34-41(39,40)23-13-12-21-8-2-3-9-22(21)16-23)25(33-28(38)24-10-4-5-11-26(24)36)17-32-27(37)15-20-7-6-14-35(18-20)29(30)31/h2-5,8-13,16,19-20,25,34,36H,6-7,14-15,17-18H2,1H3,(H3,30,31)(H,32,37)(H,33,38)/t19?,20-,25?/m1/s1. The van der Waals surface area contributed by atoms with E-state index in [-0.39, 0.29) is 47.0 Å². The molecule has 0 aliphatic carbocycles. The number of rotatable bonds is 10. The number of carbonyl (C=O) groups excluding carboxylic acids is 2. The van der Waals surface area contributed by atoms with Gasteiger partial charge >= 0.3 is 0 Å². The molecule has 2 amide bonds. The van der Waals surface area contributed by atoms with Crippen LogP contribution in [0.4, 0.5) is 0 Å². The van der Waals surface area contributed by atoms with Crippen LogP contribution in [0, 0.1) is 11.3 Å². The molecule has 1 saturated heterocycles. The maximum Gasteiger partial charge on any atom is 0.255 e. The molecule has 7 N–H and O–H groups in total. The van der Waals surface area contributed by atoms with Gasteiger partial charge in [-0.3, -0.25) is 15.0 Å². The first-order chi connectivity index (χ1) is 19.5. The van der Waals surface area contributed by atoms with E-state index in [1.54, 1.807) is 36.1 Å². The topological polar surface area (TPSA) is 178 Å². The van der Waals surface area contributed by atoms with Crippen LogP contribution in [0.25, 0.3) is 10.8 Å². The number of nitrogens with one attached hydrogen (secondary N) is 4. The van der Waals surface area contributed by atoms with E-state index in [1.165, 1.54) is 18.2 Å². The number of sulfonamides is 1. The summed E-state index contributed by atoms with van der Waals surface area (Å²) in [6.07, 6.45) is 1.86. The third kappa shape index (κ3) is 7.74. The Kier molecular flexibility index (Phi) is 9.46. The monoisotopic (exact) mass is 580 g/mol. The zero-order valence-corrected chi connectivity index (χ0v) is 23.7. The summed E-state index contributed by atoms with van der Waals surface area (Å²) in [7, 11) is -3.98. The van der Waals surface area contributed by atoms with E-state index in [2.05, 4.69) is 15.4 Å². The number of guanidine groups is 1. The summed E-state index contributed by atoms with van der Waals surface area (Å²) >= 11 is 0. The molecule has 2 unspecified atom stereocenters. The highest BCUT2D eigenvalue weighted by atomic mass is 32.2. The number of hydrogen-bond acceptors (Lipinski definition) is 6. The number of hydrogen-bond donors (Lipinski definition) is 6. The van der Waals surface area contributed by atoms with Crippen molar-refractivity contribution in [2.45, 2.75) is 43.2 Å². The minimum absolute atomic E-state index is 0.0189. The van der Waals surface area contributed by atoms with Crippen molar-refractivity contribution in [1.29, 1.82) is 5.41 Å². The Balaban J connectivity index is 1.47. The smallest absolute Gasteiger partial charge is 0.255 e. The van der Waals surface area contributed by atoms with Crippen LogP contribution in [0.3, 0.4) is 0 Å². The molecule has 3 atom stereocenters. The van der Waals surface area contributed by atoms with Crippen LogP contribution in [0.2, 0.25) is 0 Å². The number of carbonyl (C=O) groups is 2. The van der Waals surface area contributed by atoms with Crippen molar-refractivity contribution < 1.29 is 23.1 Å². The molecule has 1 aliphatic heterocycles. The van der Waals surface area contributed by atoms with Crippen LogP contribution >= 0.6 is 0 Å². The SMILES string of the molecule is CC(NS(=O)(=O)c1ccc2ccccc2c1)C(CNC(=O)C[C@H]1CCCN(C(=N)N)C1)NC(=O)c1ccccc1O. The van der Waals surface area contributed by atoms with E-state index in [0.717, 1.165) is 23.6 Å². The lowest BCUT2D eigenvalue weighted by molar-refractivity contribution is -0.122. The molecule has 1 aliphatic rings. The summed E-state index contributed by atoms with van der Waals surface area (Å²) in [4.78, 5) is 27.7. The predicted molar refractivity (Wildman–Crippen MR) is 157 cm³/mol. The van der Waals surface area contributed by atoms with Gasteiger partial charge in [-0.25, -0.2) is 13.1 Å². The second-order valence-corrected chi connectivity index (χ2v) is 12.1. The molecule has 0 aromatic heterocycles. The molecule has 11 nitrogen and oxygen atoms in total. The number of aromatic hydroxyl groups is 1. The van der Waals surface area contributed by atoms with Gasteiger partial charge in [-0.05, 0) is 60.7 Å². The molecular formula is C29H36N6O5S. The predicted octanol–water partition coefficient (Wildman–Crippen LogP) is 2.12. The number of phenolic OH excluding ortho intramolecular Hbond substituents is 1. The first-order valence-corrected chi connectivity index (χ1v) is 15.0. The fourth-order valence-corrected chi connectivity index (χ4v) is 6.32. The maximum atomic E-state index is 13.3. The average Bonchev–Trinajstić information content (AvgIpc) is 2.95. The molecule has 0 saturated carbocycles. The molecule has 3 aromatic rings. The quantitative estimate of drug-likeness (QED) is 0.157. The van der Waals surface area contributed by atoms with Crippen LogP contribution in [0.15, 0.2) is 71.6 Å². The Labute approximate surface area is 239 Å². The third-order valence-corrected chi connectivity index (χ3v) is 8.85. The molecular weight excluding hydrogens is 544 g/mol. The van der Waals surface area contributed by atoms with Crippen LogP contribution < -0.4 is 21.1 Å². The highest BCUT2D eigenvalue weighted by molar-refractivity contribution is 7.89. The highest BCUT2D eigenvalue weighted by Crippen LogP contribution is 2.21. The highest BCUT2D eigenvalue weighted by Gasteiger charge is 2.28. The van der Waals surface area contributed by atoms with Crippen molar-refractivity contribution in [3.8, 4) is 5.75 Å². The molecule has 0 spiro atoms. The minimum Gasteiger partial charge on any atom is -0.507 e. The second kappa shape index (κ2) is 13.0. The lowest BCUT2D eigenvalue weighted by atomic mass is 9.94. The number of likely N-dealkylation sites (tertiary alicyclic amines) is 1. The van der Waals surface area contributed by atoms with Gasteiger partial charge in [-0.15, -0.1) is 0 Å². The first-order valence-electron chi connectivity index (χ1n) is 13.5. The van der Waals surface area contributed by atoms with Gasteiger partial charge < -0.3 is 26.4 Å². The third-order valence-electron chi connectivity index (χ3n) is 7.29. The number of fused-ring (bicyclic) bond motifs is 1. The molecule has 41 heavy (non-hydrogen) atoms. The summed E-state index contributed by atoms with van der Waals surface area (Å²) < 4.78 is 29.2. The van der Waals surface area contributed by atoms with Gasteiger partial charge in [0.05, 0.1) is 16.5 Å². The van der Waals surface area contributed by atoms with Gasteiger partial charge in [-0.1, -0.05) is 42.5 Å². The largest absolute Gasteiger partial charge is 0.507 e. The zero-order chi connectivity index (χ0) is 29.6. The molecule has 3 aromatic carbocycles. The molecule has 1 heterocycles.